The number of nitrogens with zero attached hydrogens (tertiary/aromatic N) is 1. The number of carbonyl (C=O) groups is 1. The van der Waals surface area contributed by atoms with Crippen molar-refractivity contribution in [1.82, 2.24) is 4.57 Å². The van der Waals surface area contributed by atoms with Crippen LogP contribution in [0.1, 0.15) is 28.4 Å². The standard InChI is InChI=1S/C21H16F3NO4/c1-3-29-20(27)17-10-25-9-11-6-13(28-2)4-5-14(11)15-7-12(21(22,23)24)8-16(18(15)25)19(17)26/h4-8,10H,3,9H2,1-2H3. The number of pyridine rings is 1. The van der Waals surface area contributed by atoms with Crippen molar-refractivity contribution in [3.8, 4) is 16.9 Å². The minimum absolute atomic E-state index is 0.0458. The minimum Gasteiger partial charge on any atom is -0.497 e. The normalized spacial score (nSPS) is 12.6. The highest BCUT2D eigenvalue weighted by atomic mass is 19.4. The SMILES string of the molecule is CCOC(=O)c1cn2c3c(cc(C(F)(F)F)cc3c1=O)-c1ccc(OC)cc1C2. The number of hydrogen-bond donors (Lipinski definition) is 0. The lowest BCUT2D eigenvalue weighted by Gasteiger charge is -2.25. The predicted octanol–water partition coefficient (Wildman–Crippen LogP) is 4.23. The molecule has 1 aliphatic heterocycles. The Bertz CT molecular complexity index is 1210. The van der Waals surface area contributed by atoms with Crippen molar-refractivity contribution < 1.29 is 27.4 Å². The van der Waals surface area contributed by atoms with E-state index in [4.69, 9.17) is 9.47 Å². The second-order valence-electron chi connectivity index (χ2n) is 6.66. The highest BCUT2D eigenvalue weighted by Crippen LogP contribution is 2.41. The van der Waals surface area contributed by atoms with E-state index in [2.05, 4.69) is 0 Å². The molecule has 2 aromatic carbocycles. The molecule has 4 rings (SSSR count). The van der Waals surface area contributed by atoms with Crippen molar-refractivity contribution in [2.75, 3.05) is 13.7 Å². The lowest BCUT2D eigenvalue weighted by molar-refractivity contribution is -0.137. The van der Waals surface area contributed by atoms with Gasteiger partial charge in [-0.2, -0.15) is 13.2 Å². The van der Waals surface area contributed by atoms with Gasteiger partial charge in [-0.15, -0.1) is 0 Å². The smallest absolute Gasteiger partial charge is 0.416 e. The first-order chi connectivity index (χ1) is 13.7. The van der Waals surface area contributed by atoms with Gasteiger partial charge in [0.2, 0.25) is 5.43 Å². The van der Waals surface area contributed by atoms with E-state index in [9.17, 15) is 22.8 Å². The number of halogens is 3. The second-order valence-corrected chi connectivity index (χ2v) is 6.66. The molecule has 0 N–H and O–H groups in total. The molecule has 0 fully saturated rings. The zero-order valence-electron chi connectivity index (χ0n) is 15.6. The van der Waals surface area contributed by atoms with Crippen LogP contribution in [0.15, 0.2) is 41.3 Å². The second kappa shape index (κ2) is 6.65. The molecule has 0 saturated heterocycles. The number of ether oxygens (including phenoxy) is 2. The Kier molecular flexibility index (Phi) is 4.37. The molecule has 0 saturated carbocycles. The minimum atomic E-state index is -4.65. The van der Waals surface area contributed by atoms with E-state index in [1.807, 2.05) is 0 Å². The number of carbonyl (C=O) groups excluding carboxylic acids is 1. The van der Waals surface area contributed by atoms with E-state index in [-0.39, 0.29) is 29.7 Å². The quantitative estimate of drug-likeness (QED) is 0.481. The van der Waals surface area contributed by atoms with Crippen LogP contribution in [0.2, 0.25) is 0 Å². The number of fused-ring (bicyclic) bond motifs is 2. The maximum atomic E-state index is 13.5. The zero-order chi connectivity index (χ0) is 20.9. The molecule has 1 aromatic heterocycles. The molecule has 3 aromatic rings. The average Bonchev–Trinajstić information content (AvgIpc) is 2.68. The summed E-state index contributed by atoms with van der Waals surface area (Å²) in [6.07, 6.45) is -3.30. The molecular formula is C21H16F3NO4. The molecule has 0 radical (unpaired) electrons. The third-order valence-corrected chi connectivity index (χ3v) is 4.94. The van der Waals surface area contributed by atoms with Gasteiger partial charge < -0.3 is 14.0 Å². The maximum absolute atomic E-state index is 13.5. The zero-order valence-corrected chi connectivity index (χ0v) is 15.6. The highest BCUT2D eigenvalue weighted by Gasteiger charge is 2.34. The average molecular weight is 403 g/mol. The van der Waals surface area contributed by atoms with Gasteiger partial charge in [0.05, 0.1) is 24.8 Å². The van der Waals surface area contributed by atoms with E-state index in [0.29, 0.717) is 16.8 Å². The summed E-state index contributed by atoms with van der Waals surface area (Å²) in [5.74, 6) is -0.305. The molecular weight excluding hydrogens is 387 g/mol. The Labute approximate surface area is 163 Å². The van der Waals surface area contributed by atoms with Crippen LogP contribution in [0.3, 0.4) is 0 Å². The molecule has 0 spiro atoms. The Morgan fingerprint density at radius 2 is 1.93 bits per heavy atom. The summed E-state index contributed by atoms with van der Waals surface area (Å²) in [6, 6.07) is 6.90. The maximum Gasteiger partial charge on any atom is 0.416 e. The third kappa shape index (κ3) is 3.04. The Balaban J connectivity index is 2.11. The van der Waals surface area contributed by atoms with Gasteiger partial charge >= 0.3 is 12.1 Å². The summed E-state index contributed by atoms with van der Waals surface area (Å²) in [7, 11) is 1.50. The molecule has 1 aliphatic rings. The first kappa shape index (κ1) is 19.0. The van der Waals surface area contributed by atoms with Crippen LogP contribution in [0.5, 0.6) is 5.75 Å². The van der Waals surface area contributed by atoms with Gasteiger partial charge in [0.1, 0.15) is 11.3 Å². The van der Waals surface area contributed by atoms with Crippen LogP contribution in [-0.4, -0.2) is 24.3 Å². The number of methoxy groups -OCH3 is 1. The first-order valence-corrected chi connectivity index (χ1v) is 8.87. The van der Waals surface area contributed by atoms with Gasteiger partial charge in [-0.25, -0.2) is 4.79 Å². The van der Waals surface area contributed by atoms with E-state index in [1.165, 1.54) is 13.3 Å². The summed E-state index contributed by atoms with van der Waals surface area (Å²) in [5.41, 5.74) is -0.0793. The van der Waals surface area contributed by atoms with Crippen molar-refractivity contribution in [2.45, 2.75) is 19.6 Å². The van der Waals surface area contributed by atoms with Crippen molar-refractivity contribution in [3.05, 3.63) is 63.4 Å². The largest absolute Gasteiger partial charge is 0.497 e. The van der Waals surface area contributed by atoms with Crippen molar-refractivity contribution in [2.24, 2.45) is 0 Å². The summed E-state index contributed by atoms with van der Waals surface area (Å²) in [6.45, 7) is 1.90. The predicted molar refractivity (Wildman–Crippen MR) is 100 cm³/mol. The number of benzene rings is 2. The van der Waals surface area contributed by atoms with Crippen LogP contribution in [0.25, 0.3) is 22.0 Å². The Morgan fingerprint density at radius 1 is 1.17 bits per heavy atom. The molecule has 2 heterocycles. The molecule has 8 heteroatoms. The van der Waals surface area contributed by atoms with E-state index in [1.54, 1.807) is 29.7 Å². The lowest BCUT2D eigenvalue weighted by atomic mass is 9.91. The number of alkyl halides is 3. The topological polar surface area (TPSA) is 57.5 Å². The fourth-order valence-corrected chi connectivity index (χ4v) is 3.66. The van der Waals surface area contributed by atoms with Gasteiger partial charge in [0.25, 0.3) is 0 Å². The van der Waals surface area contributed by atoms with Gasteiger partial charge in [-0.1, -0.05) is 6.07 Å². The molecule has 0 aliphatic carbocycles. The van der Waals surface area contributed by atoms with Gasteiger partial charge in [-0.3, -0.25) is 4.79 Å². The number of esters is 1. The van der Waals surface area contributed by atoms with Crippen LogP contribution >= 0.6 is 0 Å². The summed E-state index contributed by atoms with van der Waals surface area (Å²) in [5, 5.41) is -0.165. The third-order valence-electron chi connectivity index (χ3n) is 4.94. The van der Waals surface area contributed by atoms with E-state index >= 15 is 0 Å². The molecule has 5 nitrogen and oxygen atoms in total. The van der Waals surface area contributed by atoms with Crippen molar-refractivity contribution >= 4 is 16.9 Å². The molecule has 0 bridgehead atoms. The fraction of sp³-hybridized carbons (Fsp3) is 0.238. The summed E-state index contributed by atoms with van der Waals surface area (Å²) in [4.78, 5) is 25.1. The van der Waals surface area contributed by atoms with Crippen molar-refractivity contribution in [1.29, 1.82) is 0 Å². The van der Waals surface area contributed by atoms with Gasteiger partial charge in [0.15, 0.2) is 0 Å². The molecule has 150 valence electrons. The van der Waals surface area contributed by atoms with Crippen LogP contribution in [0.4, 0.5) is 13.2 Å². The van der Waals surface area contributed by atoms with Crippen LogP contribution in [-0.2, 0) is 17.5 Å². The number of hydrogen-bond acceptors (Lipinski definition) is 4. The molecule has 29 heavy (non-hydrogen) atoms. The lowest BCUT2D eigenvalue weighted by Crippen LogP contribution is -2.23. The van der Waals surface area contributed by atoms with Gasteiger partial charge in [0, 0.05) is 23.7 Å². The highest BCUT2D eigenvalue weighted by molar-refractivity contribution is 6.00. The number of rotatable bonds is 3. The monoisotopic (exact) mass is 403 g/mol. The summed E-state index contributed by atoms with van der Waals surface area (Å²) < 4.78 is 52.4. The fourth-order valence-electron chi connectivity index (χ4n) is 3.66. The van der Waals surface area contributed by atoms with E-state index < -0.39 is 23.1 Å². The Morgan fingerprint density at radius 3 is 2.59 bits per heavy atom. The van der Waals surface area contributed by atoms with Crippen LogP contribution in [0, 0.1) is 0 Å². The molecule has 0 amide bonds. The first-order valence-electron chi connectivity index (χ1n) is 8.87. The molecule has 0 unspecified atom stereocenters. The number of aromatic nitrogens is 1. The van der Waals surface area contributed by atoms with Gasteiger partial charge in [-0.05, 0) is 42.3 Å². The van der Waals surface area contributed by atoms with Crippen LogP contribution < -0.4 is 10.2 Å². The van der Waals surface area contributed by atoms with E-state index in [0.717, 1.165) is 17.7 Å². The molecule has 0 atom stereocenters. The summed E-state index contributed by atoms with van der Waals surface area (Å²) >= 11 is 0. The van der Waals surface area contributed by atoms with Crippen molar-refractivity contribution in [3.63, 3.8) is 0 Å². The Hall–Kier alpha value is -3.29.